The average molecular weight is 310 g/mol. The molecule has 20 heavy (non-hydrogen) atoms. The maximum absolute atomic E-state index is 11.8. The van der Waals surface area contributed by atoms with Crippen LogP contribution in [-0.2, 0) is 23.0 Å². The normalized spacial score (nSPS) is 14.6. The number of rotatable bonds is 4. The van der Waals surface area contributed by atoms with Gasteiger partial charge in [-0.2, -0.15) is 0 Å². The van der Waals surface area contributed by atoms with E-state index in [2.05, 4.69) is 19.2 Å². The zero-order chi connectivity index (χ0) is 14.2. The van der Waals surface area contributed by atoms with Gasteiger partial charge in [0.2, 0.25) is 10.0 Å². The molecular formula is C12H14N4O2S2. The Morgan fingerprint density at radius 2 is 2.30 bits per heavy atom. The minimum atomic E-state index is -3.38. The molecule has 1 aromatic carbocycles. The molecule has 0 unspecified atom stereocenters. The van der Waals surface area contributed by atoms with Gasteiger partial charge >= 0.3 is 0 Å². The van der Waals surface area contributed by atoms with E-state index in [0.29, 0.717) is 11.4 Å². The number of anilines is 1. The smallest absolute Gasteiger partial charge is 0.240 e. The molecule has 0 fully saturated rings. The first-order chi connectivity index (χ1) is 9.60. The lowest BCUT2D eigenvalue weighted by Crippen LogP contribution is -2.20. The SMILES string of the molecule is CNS(=O)(=O)c1ccc2c(c1)CCN2Cc1csnn1. The van der Waals surface area contributed by atoms with Gasteiger partial charge in [0.15, 0.2) is 0 Å². The molecule has 1 aromatic heterocycles. The molecule has 2 aromatic rings. The Labute approximate surface area is 121 Å². The minimum Gasteiger partial charge on any atom is -0.365 e. The summed E-state index contributed by atoms with van der Waals surface area (Å²) in [5.41, 5.74) is 3.08. The van der Waals surface area contributed by atoms with E-state index in [1.54, 1.807) is 12.1 Å². The van der Waals surface area contributed by atoms with Crippen molar-refractivity contribution < 1.29 is 8.42 Å². The van der Waals surface area contributed by atoms with Crippen LogP contribution >= 0.6 is 11.5 Å². The lowest BCUT2D eigenvalue weighted by Gasteiger charge is -2.17. The third kappa shape index (κ3) is 2.41. The van der Waals surface area contributed by atoms with Crippen molar-refractivity contribution in [3.05, 3.63) is 34.8 Å². The van der Waals surface area contributed by atoms with Crippen LogP contribution in [0.2, 0.25) is 0 Å². The van der Waals surface area contributed by atoms with E-state index in [1.807, 2.05) is 11.4 Å². The summed E-state index contributed by atoms with van der Waals surface area (Å²) in [4.78, 5) is 2.51. The molecule has 3 rings (SSSR count). The first-order valence-corrected chi connectivity index (χ1v) is 8.49. The molecule has 2 heterocycles. The summed E-state index contributed by atoms with van der Waals surface area (Å²) in [5, 5.41) is 5.97. The lowest BCUT2D eigenvalue weighted by molar-refractivity contribution is 0.588. The molecule has 8 heteroatoms. The van der Waals surface area contributed by atoms with E-state index in [9.17, 15) is 8.42 Å². The van der Waals surface area contributed by atoms with Gasteiger partial charge in [0, 0.05) is 17.6 Å². The van der Waals surface area contributed by atoms with Gasteiger partial charge in [-0.15, -0.1) is 5.10 Å². The predicted octanol–water partition coefficient (Wildman–Crippen LogP) is 1.01. The molecule has 0 aliphatic carbocycles. The highest BCUT2D eigenvalue weighted by Gasteiger charge is 2.22. The monoisotopic (exact) mass is 310 g/mol. The molecule has 1 N–H and O–H groups in total. The van der Waals surface area contributed by atoms with Gasteiger partial charge in [0.05, 0.1) is 17.1 Å². The standard InChI is InChI=1S/C12H14N4O2S2/c1-13-20(17,18)11-2-3-12-9(6-11)4-5-16(12)7-10-8-19-15-14-10/h2-3,6,8,13H,4-5,7H2,1H3. The number of aromatic nitrogens is 2. The maximum Gasteiger partial charge on any atom is 0.240 e. The van der Waals surface area contributed by atoms with Crippen molar-refractivity contribution in [2.45, 2.75) is 17.9 Å². The van der Waals surface area contributed by atoms with E-state index >= 15 is 0 Å². The molecule has 0 radical (unpaired) electrons. The molecular weight excluding hydrogens is 296 g/mol. The second-order valence-corrected chi connectivity index (χ2v) is 7.06. The van der Waals surface area contributed by atoms with Crippen molar-refractivity contribution in [2.75, 3.05) is 18.5 Å². The Balaban J connectivity index is 1.88. The summed E-state index contributed by atoms with van der Waals surface area (Å²) >= 11 is 1.34. The number of hydrogen-bond donors (Lipinski definition) is 1. The van der Waals surface area contributed by atoms with Crippen LogP contribution in [0.4, 0.5) is 5.69 Å². The quantitative estimate of drug-likeness (QED) is 0.912. The topological polar surface area (TPSA) is 75.2 Å². The van der Waals surface area contributed by atoms with Crippen molar-refractivity contribution in [1.29, 1.82) is 0 Å². The van der Waals surface area contributed by atoms with E-state index in [-0.39, 0.29) is 0 Å². The van der Waals surface area contributed by atoms with Crippen molar-refractivity contribution >= 4 is 27.2 Å². The Hall–Kier alpha value is -1.51. The second-order valence-electron chi connectivity index (χ2n) is 4.57. The fourth-order valence-electron chi connectivity index (χ4n) is 2.34. The highest BCUT2D eigenvalue weighted by molar-refractivity contribution is 7.89. The zero-order valence-corrected chi connectivity index (χ0v) is 12.5. The van der Waals surface area contributed by atoms with Crippen LogP contribution in [0.3, 0.4) is 0 Å². The Morgan fingerprint density at radius 1 is 1.45 bits per heavy atom. The molecule has 0 amide bonds. The van der Waals surface area contributed by atoms with Gasteiger partial charge in [-0.1, -0.05) is 4.49 Å². The van der Waals surface area contributed by atoms with Gasteiger partial charge in [-0.3, -0.25) is 0 Å². The van der Waals surface area contributed by atoms with Gasteiger partial charge in [-0.05, 0) is 48.8 Å². The summed E-state index contributed by atoms with van der Waals surface area (Å²) < 4.78 is 29.8. The van der Waals surface area contributed by atoms with E-state index in [4.69, 9.17) is 0 Å². The third-order valence-electron chi connectivity index (χ3n) is 3.38. The molecule has 6 nitrogen and oxygen atoms in total. The molecule has 0 atom stereocenters. The summed E-state index contributed by atoms with van der Waals surface area (Å²) in [6.07, 6.45) is 0.847. The van der Waals surface area contributed by atoms with Crippen LogP contribution in [0, 0.1) is 0 Å². The summed E-state index contributed by atoms with van der Waals surface area (Å²) in [6.45, 7) is 1.58. The fourth-order valence-corrected chi connectivity index (χ4v) is 3.57. The average Bonchev–Trinajstić information content (AvgIpc) is 3.09. The van der Waals surface area contributed by atoms with Gasteiger partial charge in [0.1, 0.15) is 0 Å². The number of nitrogens with one attached hydrogen (secondary N) is 1. The summed E-state index contributed by atoms with van der Waals surface area (Å²) in [7, 11) is -1.96. The highest BCUT2D eigenvalue weighted by atomic mass is 32.2. The largest absolute Gasteiger partial charge is 0.365 e. The number of fused-ring (bicyclic) bond motifs is 1. The third-order valence-corrected chi connectivity index (χ3v) is 5.35. The first-order valence-electron chi connectivity index (χ1n) is 6.17. The van der Waals surface area contributed by atoms with Crippen LogP contribution < -0.4 is 9.62 Å². The lowest BCUT2D eigenvalue weighted by atomic mass is 10.2. The number of hydrogen-bond acceptors (Lipinski definition) is 6. The molecule has 0 spiro atoms. The maximum atomic E-state index is 11.8. The Kier molecular flexibility index (Phi) is 3.45. The highest BCUT2D eigenvalue weighted by Crippen LogP contribution is 2.31. The predicted molar refractivity (Wildman–Crippen MR) is 77.4 cm³/mol. The first kappa shape index (κ1) is 13.5. The number of sulfonamides is 1. The Morgan fingerprint density at radius 3 is 3.00 bits per heavy atom. The van der Waals surface area contributed by atoms with Crippen LogP contribution in [0.5, 0.6) is 0 Å². The molecule has 0 saturated heterocycles. The number of nitrogens with zero attached hydrogens (tertiary/aromatic N) is 3. The van der Waals surface area contributed by atoms with Crippen LogP contribution in [-0.4, -0.2) is 31.6 Å². The Bertz CT molecular complexity index is 713. The molecule has 0 bridgehead atoms. The molecule has 1 aliphatic rings. The summed E-state index contributed by atoms with van der Waals surface area (Å²) in [6, 6.07) is 5.26. The zero-order valence-electron chi connectivity index (χ0n) is 10.9. The number of benzene rings is 1. The van der Waals surface area contributed by atoms with Crippen molar-refractivity contribution in [2.24, 2.45) is 0 Å². The molecule has 1 aliphatic heterocycles. The minimum absolute atomic E-state index is 0.316. The van der Waals surface area contributed by atoms with E-state index in [0.717, 1.165) is 29.9 Å². The van der Waals surface area contributed by atoms with Crippen molar-refractivity contribution in [1.82, 2.24) is 14.3 Å². The van der Waals surface area contributed by atoms with Crippen LogP contribution in [0.25, 0.3) is 0 Å². The van der Waals surface area contributed by atoms with Crippen molar-refractivity contribution in [3.63, 3.8) is 0 Å². The molecule has 0 saturated carbocycles. The fraction of sp³-hybridized carbons (Fsp3) is 0.333. The van der Waals surface area contributed by atoms with Gasteiger partial charge < -0.3 is 4.90 Å². The second kappa shape index (κ2) is 5.12. The van der Waals surface area contributed by atoms with E-state index in [1.165, 1.54) is 18.6 Å². The summed E-state index contributed by atoms with van der Waals surface area (Å²) in [5.74, 6) is 0. The van der Waals surface area contributed by atoms with Gasteiger partial charge in [-0.25, -0.2) is 13.1 Å². The van der Waals surface area contributed by atoms with Crippen LogP contribution in [0.15, 0.2) is 28.5 Å². The van der Waals surface area contributed by atoms with Gasteiger partial charge in [0.25, 0.3) is 0 Å². The van der Waals surface area contributed by atoms with Crippen LogP contribution in [0.1, 0.15) is 11.3 Å². The van der Waals surface area contributed by atoms with Crippen molar-refractivity contribution in [3.8, 4) is 0 Å². The van der Waals surface area contributed by atoms with E-state index < -0.39 is 10.0 Å². The molecule has 106 valence electrons.